The number of aromatic nitrogens is 1. The van der Waals surface area contributed by atoms with Crippen molar-refractivity contribution in [3.63, 3.8) is 0 Å². The van der Waals surface area contributed by atoms with Gasteiger partial charge in [0, 0.05) is 11.8 Å². The van der Waals surface area contributed by atoms with Crippen LogP contribution in [0.1, 0.15) is 12.2 Å². The molecule has 0 amide bonds. The van der Waals surface area contributed by atoms with Crippen molar-refractivity contribution in [2.24, 2.45) is 0 Å². The van der Waals surface area contributed by atoms with Crippen LogP contribution in [0.4, 0.5) is 5.69 Å². The first-order chi connectivity index (χ1) is 9.38. The second kappa shape index (κ2) is 5.36. The van der Waals surface area contributed by atoms with E-state index in [9.17, 15) is 0 Å². The lowest BCUT2D eigenvalue weighted by Crippen LogP contribution is -2.23. The zero-order chi connectivity index (χ0) is 13.1. The van der Waals surface area contributed by atoms with Gasteiger partial charge in [0.1, 0.15) is 0 Å². The summed E-state index contributed by atoms with van der Waals surface area (Å²) in [5.74, 6) is 0.762. The summed E-state index contributed by atoms with van der Waals surface area (Å²) >= 11 is 1.72. The van der Waals surface area contributed by atoms with Crippen LogP contribution in [0.15, 0.2) is 59.8 Å². The minimum atomic E-state index is 0.264. The van der Waals surface area contributed by atoms with E-state index in [1.807, 2.05) is 30.3 Å². The molecule has 2 heterocycles. The maximum absolute atomic E-state index is 5.21. The average molecular weight is 269 g/mol. The number of hydrogen-bond donors (Lipinski definition) is 0. The monoisotopic (exact) mass is 269 g/mol. The van der Waals surface area contributed by atoms with Gasteiger partial charge in [0.05, 0.1) is 22.7 Å². The summed E-state index contributed by atoms with van der Waals surface area (Å²) in [4.78, 5) is 3.11. The standard InChI is InChI=1S/C15H13N2OS/c1-2-6-15-17(12-7-4-3-5-8-12)11-14(19-15)13-9-10-16-18-13/h2-5,7-10,15H,1,6H2. The van der Waals surface area contributed by atoms with E-state index >= 15 is 0 Å². The van der Waals surface area contributed by atoms with E-state index < -0.39 is 0 Å². The van der Waals surface area contributed by atoms with Crippen LogP contribution in [-0.4, -0.2) is 10.5 Å². The zero-order valence-corrected chi connectivity index (χ0v) is 11.1. The highest BCUT2D eigenvalue weighted by atomic mass is 32.2. The Morgan fingerprint density at radius 2 is 2.21 bits per heavy atom. The van der Waals surface area contributed by atoms with Gasteiger partial charge >= 0.3 is 0 Å². The van der Waals surface area contributed by atoms with Gasteiger partial charge in [-0.15, -0.1) is 6.58 Å². The van der Waals surface area contributed by atoms with Crippen molar-refractivity contribution in [3.8, 4) is 0 Å². The molecule has 1 unspecified atom stereocenters. The van der Waals surface area contributed by atoms with Crippen molar-refractivity contribution in [3.05, 3.63) is 67.2 Å². The number of nitrogens with zero attached hydrogens (tertiary/aromatic N) is 2. The molecule has 0 aliphatic carbocycles. The second-order valence-electron chi connectivity index (χ2n) is 4.12. The van der Waals surface area contributed by atoms with Gasteiger partial charge in [-0.2, -0.15) is 0 Å². The maximum Gasteiger partial charge on any atom is 0.175 e. The molecule has 0 saturated carbocycles. The summed E-state index contributed by atoms with van der Waals surface area (Å²) in [6.45, 7) is 3.83. The van der Waals surface area contributed by atoms with Crippen molar-refractivity contribution < 1.29 is 4.52 Å². The summed E-state index contributed by atoms with van der Waals surface area (Å²) < 4.78 is 5.21. The van der Waals surface area contributed by atoms with Crippen LogP contribution in [0, 0.1) is 6.20 Å². The molecule has 3 nitrogen and oxygen atoms in total. The van der Waals surface area contributed by atoms with Crippen LogP contribution < -0.4 is 4.90 Å². The first-order valence-electron chi connectivity index (χ1n) is 6.05. The number of para-hydroxylation sites is 1. The highest BCUT2D eigenvalue weighted by Crippen LogP contribution is 2.42. The number of rotatable bonds is 4. The van der Waals surface area contributed by atoms with Gasteiger partial charge < -0.3 is 9.42 Å². The summed E-state index contributed by atoms with van der Waals surface area (Å²) in [7, 11) is 0. The van der Waals surface area contributed by atoms with Crippen molar-refractivity contribution in [2.75, 3.05) is 4.90 Å². The second-order valence-corrected chi connectivity index (χ2v) is 5.31. The predicted molar refractivity (Wildman–Crippen MR) is 78.3 cm³/mol. The zero-order valence-electron chi connectivity index (χ0n) is 10.3. The molecule has 1 aliphatic heterocycles. The van der Waals surface area contributed by atoms with Crippen LogP contribution >= 0.6 is 11.8 Å². The SMILES string of the molecule is C=CCC1SC(c2ccno2)=[C]N1c1ccccc1. The lowest BCUT2D eigenvalue weighted by Gasteiger charge is -2.22. The Kier molecular flexibility index (Phi) is 3.42. The van der Waals surface area contributed by atoms with E-state index in [0.717, 1.165) is 22.8 Å². The normalized spacial score (nSPS) is 18.4. The summed E-state index contributed by atoms with van der Waals surface area (Å²) in [5, 5.41) is 4.01. The number of anilines is 1. The Bertz CT molecular complexity index is 577. The van der Waals surface area contributed by atoms with Crippen LogP contribution in [0.2, 0.25) is 0 Å². The van der Waals surface area contributed by atoms with Gasteiger partial charge in [-0.1, -0.05) is 41.2 Å². The van der Waals surface area contributed by atoms with Gasteiger partial charge in [0.2, 0.25) is 0 Å². The topological polar surface area (TPSA) is 29.3 Å². The Morgan fingerprint density at radius 3 is 2.89 bits per heavy atom. The molecule has 0 fully saturated rings. The number of hydrogen-bond acceptors (Lipinski definition) is 4. The van der Waals surface area contributed by atoms with Gasteiger partial charge in [-0.05, 0) is 18.6 Å². The molecule has 0 spiro atoms. The summed E-state index contributed by atoms with van der Waals surface area (Å²) in [6, 6.07) is 12.1. The van der Waals surface area contributed by atoms with Crippen molar-refractivity contribution >= 4 is 22.4 Å². The molecule has 1 aromatic carbocycles. The molecule has 1 aromatic heterocycles. The van der Waals surface area contributed by atoms with Gasteiger partial charge in [0.25, 0.3) is 0 Å². The van der Waals surface area contributed by atoms with E-state index in [2.05, 4.69) is 35.0 Å². The van der Waals surface area contributed by atoms with E-state index in [1.54, 1.807) is 18.0 Å². The third-order valence-corrected chi connectivity index (χ3v) is 4.03. The van der Waals surface area contributed by atoms with Gasteiger partial charge in [-0.3, -0.25) is 0 Å². The molecule has 0 saturated heterocycles. The molecule has 2 aromatic rings. The molecular weight excluding hydrogens is 256 g/mol. The summed E-state index contributed by atoms with van der Waals surface area (Å²) in [6.07, 6.45) is 7.84. The molecule has 0 N–H and O–H groups in total. The lowest BCUT2D eigenvalue weighted by atomic mass is 10.2. The quantitative estimate of drug-likeness (QED) is 0.786. The minimum Gasteiger partial charge on any atom is -0.356 e. The molecule has 95 valence electrons. The largest absolute Gasteiger partial charge is 0.356 e. The highest BCUT2D eigenvalue weighted by Gasteiger charge is 2.28. The average Bonchev–Trinajstić information content (AvgIpc) is 3.08. The fraction of sp³-hybridized carbons (Fsp3) is 0.133. The molecule has 4 heteroatoms. The third-order valence-electron chi connectivity index (χ3n) is 2.83. The minimum absolute atomic E-state index is 0.264. The molecule has 19 heavy (non-hydrogen) atoms. The van der Waals surface area contributed by atoms with Crippen LogP contribution in [0.3, 0.4) is 0 Å². The highest BCUT2D eigenvalue weighted by molar-refractivity contribution is 8.09. The van der Waals surface area contributed by atoms with E-state index in [-0.39, 0.29) is 5.37 Å². The van der Waals surface area contributed by atoms with Crippen molar-refractivity contribution in [2.45, 2.75) is 11.8 Å². The van der Waals surface area contributed by atoms with Gasteiger partial charge in [0.15, 0.2) is 5.76 Å². The van der Waals surface area contributed by atoms with Crippen LogP contribution in [-0.2, 0) is 0 Å². The number of benzene rings is 1. The van der Waals surface area contributed by atoms with Crippen LogP contribution in [0.25, 0.3) is 4.91 Å². The fourth-order valence-electron chi connectivity index (χ4n) is 1.96. The third kappa shape index (κ3) is 2.44. The smallest absolute Gasteiger partial charge is 0.175 e. The van der Waals surface area contributed by atoms with E-state index in [1.165, 1.54) is 0 Å². The fourth-order valence-corrected chi connectivity index (χ4v) is 3.11. The lowest BCUT2D eigenvalue weighted by molar-refractivity contribution is 0.412. The van der Waals surface area contributed by atoms with Gasteiger partial charge in [-0.25, -0.2) is 0 Å². The van der Waals surface area contributed by atoms with E-state index in [0.29, 0.717) is 0 Å². The Morgan fingerprint density at radius 1 is 1.37 bits per heavy atom. The molecular formula is C15H13N2OS. The maximum atomic E-state index is 5.21. The Hall–Kier alpha value is -1.94. The first kappa shape index (κ1) is 12.1. The van der Waals surface area contributed by atoms with Crippen molar-refractivity contribution in [1.82, 2.24) is 5.16 Å². The predicted octanol–water partition coefficient (Wildman–Crippen LogP) is 3.93. The first-order valence-corrected chi connectivity index (χ1v) is 6.93. The molecule has 1 atom stereocenters. The molecule has 1 radical (unpaired) electrons. The molecule has 3 rings (SSSR count). The Balaban J connectivity index is 1.92. The van der Waals surface area contributed by atoms with Crippen LogP contribution in [0.5, 0.6) is 0 Å². The van der Waals surface area contributed by atoms with E-state index in [4.69, 9.17) is 4.52 Å². The molecule has 1 aliphatic rings. The summed E-state index contributed by atoms with van der Waals surface area (Å²) in [5.41, 5.74) is 1.12. The molecule has 0 bridgehead atoms. The Labute approximate surface area is 116 Å². The van der Waals surface area contributed by atoms with Crippen molar-refractivity contribution in [1.29, 1.82) is 0 Å². The number of thioether (sulfide) groups is 1.